The van der Waals surface area contributed by atoms with Gasteiger partial charge >= 0.3 is 0 Å². The predicted octanol–water partition coefficient (Wildman–Crippen LogP) is 6.18. The minimum Gasteiger partial charge on any atom is -0.506 e. The number of pyridine rings is 2. The van der Waals surface area contributed by atoms with Crippen LogP contribution in [0, 0.1) is 32.4 Å². The number of imidazole rings is 4. The van der Waals surface area contributed by atoms with E-state index in [2.05, 4.69) is 76.6 Å². The van der Waals surface area contributed by atoms with Crippen molar-refractivity contribution in [2.45, 2.75) is 44.9 Å². The van der Waals surface area contributed by atoms with Gasteiger partial charge < -0.3 is 48.1 Å². The Morgan fingerprint density at radius 3 is 1.26 bits per heavy atom. The fourth-order valence-electron chi connectivity index (χ4n) is 14.0. The van der Waals surface area contributed by atoms with Crippen molar-refractivity contribution in [1.82, 2.24) is 106 Å². The van der Waals surface area contributed by atoms with Gasteiger partial charge in [-0.2, -0.15) is 10.2 Å². The van der Waals surface area contributed by atoms with Crippen LogP contribution in [0.5, 0.6) is 11.5 Å². The van der Waals surface area contributed by atoms with Crippen molar-refractivity contribution >= 4 is 89.8 Å². The van der Waals surface area contributed by atoms with E-state index >= 15 is 0 Å². The number of nitrogens with zero attached hydrogens (tertiary/aromatic N) is 20. The SMILES string of the molecule is C=CC(=O)N1CC(n2cnc3c(=O)n(-c4c(C)ccc5[nH]ncc45)ccc32)C1.C=CC(=O)N1CC(n2cnc3c(=O)n(-c4c(C)ccc5[nH]ncc45)cnc32)C1.C=CC(=O)N1CC(n2cnc3c(=O)n(-c4c(O)cccc4F)c(C)cc32)C1.C=CC(=O)N1CC(n2cnc3c(=O)n(-c4c(O)cccc4F)cnc32)C1. The average Bonchev–Trinajstić information content (AvgIpc) is 1.61. The number of phenolic OH excluding ortho intramolecular Hbond substituents is 2. The molecule has 14 aromatic rings. The van der Waals surface area contributed by atoms with Crippen LogP contribution in [0.2, 0.25) is 0 Å². The Labute approximate surface area is 613 Å². The summed E-state index contributed by atoms with van der Waals surface area (Å²) in [7, 11) is 0. The summed E-state index contributed by atoms with van der Waals surface area (Å²) in [5.74, 6) is -2.60. The average molecular weight is 1470 g/mol. The van der Waals surface area contributed by atoms with Gasteiger partial charge in [0, 0.05) is 75.0 Å². The van der Waals surface area contributed by atoms with Crippen LogP contribution < -0.4 is 22.2 Å². The number of benzene rings is 4. The second-order valence-electron chi connectivity index (χ2n) is 26.4. The van der Waals surface area contributed by atoms with E-state index in [0.29, 0.717) is 85.9 Å². The summed E-state index contributed by atoms with van der Waals surface area (Å²) >= 11 is 0. The highest BCUT2D eigenvalue weighted by Crippen LogP contribution is 2.33. The first-order valence-corrected chi connectivity index (χ1v) is 34.1. The number of hydrogen-bond acceptors (Lipinski definition) is 18. The summed E-state index contributed by atoms with van der Waals surface area (Å²) in [5.41, 5.74) is 6.88. The number of amides is 4. The first-order chi connectivity index (χ1) is 52.6. The second kappa shape index (κ2) is 27.9. The Hall–Kier alpha value is -14.3. The minimum atomic E-state index is -0.745. The molecule has 32 nitrogen and oxygen atoms in total. The van der Waals surface area contributed by atoms with Crippen LogP contribution in [0.4, 0.5) is 8.78 Å². The van der Waals surface area contributed by atoms with Crippen LogP contribution in [-0.2, 0) is 19.2 Å². The number of halogens is 2. The third-order valence-corrected chi connectivity index (χ3v) is 20.0. The molecular weight excluding hydrogens is 1410 g/mol. The molecule has 14 heterocycles. The first kappa shape index (κ1) is 70.3. The van der Waals surface area contributed by atoms with E-state index in [1.807, 2.05) is 57.9 Å². The van der Waals surface area contributed by atoms with Gasteiger partial charge in [-0.15, -0.1) is 0 Å². The Morgan fingerprint density at radius 2 is 0.817 bits per heavy atom. The molecule has 0 atom stereocenters. The number of carbonyl (C=O) groups excluding carboxylic acids is 4. The molecular formula is C75H66F2N22O10. The number of aromatic hydroxyl groups is 2. The third-order valence-electron chi connectivity index (χ3n) is 20.0. The van der Waals surface area contributed by atoms with Gasteiger partial charge in [0.2, 0.25) is 23.6 Å². The smallest absolute Gasteiger partial charge is 0.286 e. The lowest BCUT2D eigenvalue weighted by Crippen LogP contribution is -2.50. The van der Waals surface area contributed by atoms with Crippen LogP contribution in [0.15, 0.2) is 199 Å². The molecule has 0 bridgehead atoms. The number of phenols is 2. The zero-order valence-electron chi connectivity index (χ0n) is 58.6. The van der Waals surface area contributed by atoms with Crippen LogP contribution in [0.1, 0.15) is 41.0 Å². The molecule has 10 aromatic heterocycles. The zero-order valence-corrected chi connectivity index (χ0v) is 58.6. The third kappa shape index (κ3) is 12.1. The second-order valence-corrected chi connectivity index (χ2v) is 26.4. The van der Waals surface area contributed by atoms with Crippen molar-refractivity contribution in [3.05, 3.63) is 250 Å². The van der Waals surface area contributed by atoms with E-state index in [4.69, 9.17) is 0 Å². The molecule has 4 aromatic carbocycles. The molecule has 4 aliphatic heterocycles. The van der Waals surface area contributed by atoms with E-state index < -0.39 is 22.8 Å². The van der Waals surface area contributed by atoms with Gasteiger partial charge in [0.1, 0.15) is 35.5 Å². The number of aromatic nitrogens is 18. The minimum absolute atomic E-state index is 0.00964. The van der Waals surface area contributed by atoms with E-state index in [1.165, 1.54) is 71.9 Å². The van der Waals surface area contributed by atoms with Crippen molar-refractivity contribution in [3.8, 4) is 34.2 Å². The quantitative estimate of drug-likeness (QED) is 0.0991. The summed E-state index contributed by atoms with van der Waals surface area (Å²) in [4.78, 5) is 131. The Kier molecular flexibility index (Phi) is 18.0. The molecule has 4 aliphatic rings. The molecule has 18 rings (SSSR count). The summed E-state index contributed by atoms with van der Waals surface area (Å²) in [6.07, 6.45) is 19.4. The predicted molar refractivity (Wildman–Crippen MR) is 397 cm³/mol. The van der Waals surface area contributed by atoms with Crippen molar-refractivity contribution in [2.75, 3.05) is 52.4 Å². The number of hydrogen-bond donors (Lipinski definition) is 4. The van der Waals surface area contributed by atoms with Crippen molar-refractivity contribution < 1.29 is 38.2 Å². The standard InChI is InChI=1S/C20H18N6O2.C19H17FN4O3.C19H17N7O2.C17H14FN5O3/c1-3-17(27)24-9-13(10-24)26-11-21-18-16(26)6-7-25(20(18)28)19-12(2)4-5-15-14(19)8-22-23-15;1-3-16(26)22-8-12(9-22)23-10-21-17-14(23)7-11(2)24(19(17)27)18-13(20)5-4-6-15(18)25;1-3-15(27)24-7-12(8-24)25-9-20-16-18(25)21-10-26(19(16)28)17-11(2)4-5-14-13(17)6-22-23-14;1-2-13(25)21-6-10(7-21)22-8-19-14-16(22)20-9-23(17(14)26)15-11(18)4-3-5-12(15)24/h3-8,11,13H,1,9-10H2,2H3,(H,22,23);3-7,10,12,25H,1,8-9H2,2H3;3-6,9-10,12H,1,7-8H2,2H3,(H,22,23);2-5,8-10,24H,1,6-7H2. The largest absolute Gasteiger partial charge is 0.506 e. The molecule has 4 amide bonds. The molecule has 4 fully saturated rings. The summed E-state index contributed by atoms with van der Waals surface area (Å²) < 4.78 is 40.9. The normalized spacial score (nSPS) is 14.5. The number of aryl methyl sites for hydroxylation is 3. The number of aromatic amines is 2. The number of H-pyrrole nitrogens is 2. The summed E-state index contributed by atoms with van der Waals surface area (Å²) in [5, 5.41) is 35.7. The van der Waals surface area contributed by atoms with E-state index in [9.17, 15) is 57.4 Å². The lowest BCUT2D eigenvalue weighted by Gasteiger charge is -2.39. The van der Waals surface area contributed by atoms with Gasteiger partial charge in [-0.05, 0) is 105 Å². The number of para-hydroxylation sites is 2. The Morgan fingerprint density at radius 1 is 0.440 bits per heavy atom. The molecule has 0 spiro atoms. The van der Waals surface area contributed by atoms with Crippen LogP contribution >= 0.6 is 0 Å². The highest BCUT2D eigenvalue weighted by atomic mass is 19.1. The van der Waals surface area contributed by atoms with Crippen LogP contribution in [-0.4, -0.2) is 193 Å². The van der Waals surface area contributed by atoms with Crippen molar-refractivity contribution in [2.24, 2.45) is 0 Å². The lowest BCUT2D eigenvalue weighted by molar-refractivity contribution is -0.132. The zero-order chi connectivity index (χ0) is 76.5. The van der Waals surface area contributed by atoms with Gasteiger partial charge in [0.05, 0.1) is 95.3 Å². The van der Waals surface area contributed by atoms with Gasteiger partial charge in [-0.25, -0.2) is 38.7 Å². The fraction of sp³-hybridized carbons (Fsp3) is 0.200. The number of nitrogens with one attached hydrogen (secondary N) is 2. The molecule has 0 aliphatic carbocycles. The monoisotopic (exact) mass is 1470 g/mol. The topological polar surface area (TPSA) is 364 Å². The van der Waals surface area contributed by atoms with Gasteiger partial charge in [0.25, 0.3) is 22.2 Å². The van der Waals surface area contributed by atoms with E-state index in [0.717, 1.165) is 71.4 Å². The Balaban J connectivity index is 0.000000116. The molecule has 550 valence electrons. The molecule has 4 saturated heterocycles. The van der Waals surface area contributed by atoms with Crippen molar-refractivity contribution in [1.29, 1.82) is 0 Å². The van der Waals surface area contributed by atoms with E-state index in [-0.39, 0.29) is 92.8 Å². The highest BCUT2D eigenvalue weighted by molar-refractivity contribution is 5.92. The van der Waals surface area contributed by atoms with Crippen LogP contribution in [0.25, 0.3) is 88.9 Å². The highest BCUT2D eigenvalue weighted by Gasteiger charge is 2.36. The molecule has 0 radical (unpaired) electrons. The molecule has 109 heavy (non-hydrogen) atoms. The number of fused-ring (bicyclic) bond motifs is 6. The van der Waals surface area contributed by atoms with Gasteiger partial charge in [0.15, 0.2) is 45.0 Å². The molecule has 4 N–H and O–H groups in total. The number of likely N-dealkylation sites (tertiary alicyclic amines) is 4. The van der Waals surface area contributed by atoms with Gasteiger partial charge in [-0.1, -0.05) is 50.6 Å². The number of carbonyl (C=O) groups is 4. The van der Waals surface area contributed by atoms with E-state index in [1.54, 1.807) is 79.3 Å². The summed E-state index contributed by atoms with van der Waals surface area (Å²) in [6, 6.07) is 19.2. The maximum atomic E-state index is 14.3. The fourth-order valence-corrected chi connectivity index (χ4v) is 14.0. The lowest BCUT2D eigenvalue weighted by atomic mass is 10.1. The number of rotatable bonds is 12. The molecule has 0 unspecified atom stereocenters. The first-order valence-electron chi connectivity index (χ1n) is 34.1. The van der Waals surface area contributed by atoms with Crippen LogP contribution in [0.3, 0.4) is 0 Å². The molecule has 34 heteroatoms. The molecule has 0 saturated carbocycles. The van der Waals surface area contributed by atoms with Crippen molar-refractivity contribution in [3.63, 3.8) is 0 Å². The summed E-state index contributed by atoms with van der Waals surface area (Å²) in [6.45, 7) is 23.7. The van der Waals surface area contributed by atoms with Gasteiger partial charge in [-0.3, -0.25) is 66.8 Å². The maximum absolute atomic E-state index is 14.3. The Bertz CT molecular complexity index is 6140. The maximum Gasteiger partial charge on any atom is 0.286 e.